The zero-order valence-corrected chi connectivity index (χ0v) is 6.63. The molecular weight excluding hydrogens is 153 g/mol. The van der Waals surface area contributed by atoms with Crippen LogP contribution in [-0.4, -0.2) is 6.18 Å². The highest BCUT2D eigenvalue weighted by atomic mass is 19.4. The van der Waals surface area contributed by atoms with Crippen molar-refractivity contribution in [1.29, 1.82) is 0 Å². The van der Waals surface area contributed by atoms with Crippen molar-refractivity contribution in [3.8, 4) is 0 Å². The van der Waals surface area contributed by atoms with Gasteiger partial charge in [-0.2, -0.15) is 13.2 Å². The van der Waals surface area contributed by atoms with Gasteiger partial charge in [0.05, 0.1) is 0 Å². The molecule has 0 aromatic rings. The molecule has 11 heavy (non-hydrogen) atoms. The molecule has 0 amide bonds. The number of hydrogen-bond donors (Lipinski definition) is 0. The predicted octanol–water partition coefficient (Wildman–Crippen LogP) is 3.46. The Balaban J connectivity index is 4.33. The van der Waals surface area contributed by atoms with Gasteiger partial charge in [-0.3, -0.25) is 0 Å². The van der Waals surface area contributed by atoms with Crippen LogP contribution >= 0.6 is 0 Å². The van der Waals surface area contributed by atoms with Gasteiger partial charge in [-0.15, -0.1) is 0 Å². The van der Waals surface area contributed by atoms with Gasteiger partial charge in [-0.05, 0) is 20.3 Å². The van der Waals surface area contributed by atoms with E-state index in [0.717, 1.165) is 6.08 Å². The van der Waals surface area contributed by atoms with E-state index in [1.165, 1.54) is 6.92 Å². The Bertz CT molecular complexity index is 174. The monoisotopic (exact) mass is 164 g/mol. The van der Waals surface area contributed by atoms with Gasteiger partial charge in [0.2, 0.25) is 0 Å². The molecule has 0 aliphatic carbocycles. The molecule has 0 heterocycles. The van der Waals surface area contributed by atoms with Crippen LogP contribution in [0.3, 0.4) is 0 Å². The normalized spacial score (nSPS) is 13.4. The molecule has 0 spiro atoms. The van der Waals surface area contributed by atoms with Crippen molar-refractivity contribution in [3.63, 3.8) is 0 Å². The summed E-state index contributed by atoms with van der Waals surface area (Å²) in [7, 11) is 0. The van der Waals surface area contributed by atoms with E-state index in [1.807, 2.05) is 0 Å². The summed E-state index contributed by atoms with van der Waals surface area (Å²) in [5, 5.41) is 0. The largest absolute Gasteiger partial charge is 0.412 e. The van der Waals surface area contributed by atoms with Gasteiger partial charge < -0.3 is 0 Å². The van der Waals surface area contributed by atoms with Crippen molar-refractivity contribution in [3.05, 3.63) is 23.8 Å². The fraction of sp³-hybridized carbons (Fsp3) is 0.500. The van der Waals surface area contributed by atoms with Crippen LogP contribution in [0.25, 0.3) is 0 Å². The smallest absolute Gasteiger partial charge is 0.166 e. The first-order valence-corrected chi connectivity index (χ1v) is 3.24. The minimum Gasteiger partial charge on any atom is -0.166 e. The number of alkyl halides is 3. The van der Waals surface area contributed by atoms with Crippen molar-refractivity contribution >= 4 is 0 Å². The van der Waals surface area contributed by atoms with E-state index in [4.69, 9.17) is 0 Å². The maximum Gasteiger partial charge on any atom is 0.412 e. The standard InChI is InChI=1S/C8H11F3/c1-4-7(5-6(2)3)8(9,10)11/h4H,2,5H2,1,3H3/b7-4+. The highest BCUT2D eigenvalue weighted by Gasteiger charge is 2.32. The third kappa shape index (κ3) is 3.86. The summed E-state index contributed by atoms with van der Waals surface area (Å²) < 4.78 is 35.9. The summed E-state index contributed by atoms with van der Waals surface area (Å²) >= 11 is 0. The number of halogens is 3. The molecule has 0 aliphatic heterocycles. The number of rotatable bonds is 2. The molecule has 0 aromatic heterocycles. The first-order chi connectivity index (χ1) is 4.88. The lowest BCUT2D eigenvalue weighted by molar-refractivity contribution is -0.0932. The van der Waals surface area contributed by atoms with Crippen LogP contribution in [0.5, 0.6) is 0 Å². The molecule has 0 aliphatic rings. The molecule has 0 atom stereocenters. The highest BCUT2D eigenvalue weighted by Crippen LogP contribution is 2.29. The van der Waals surface area contributed by atoms with E-state index in [1.54, 1.807) is 6.92 Å². The van der Waals surface area contributed by atoms with E-state index in [9.17, 15) is 13.2 Å². The summed E-state index contributed by atoms with van der Waals surface area (Å²) in [6.07, 6.45) is -3.21. The summed E-state index contributed by atoms with van der Waals surface area (Å²) in [5.41, 5.74) is 0.000394. The fourth-order valence-electron chi connectivity index (χ4n) is 0.691. The molecule has 3 heteroatoms. The Hall–Kier alpha value is -0.730. The van der Waals surface area contributed by atoms with Crippen LogP contribution in [-0.2, 0) is 0 Å². The first-order valence-electron chi connectivity index (χ1n) is 3.24. The molecule has 0 fully saturated rings. The molecule has 0 aromatic carbocycles. The topological polar surface area (TPSA) is 0 Å². The van der Waals surface area contributed by atoms with Crippen LogP contribution in [0.2, 0.25) is 0 Å². The van der Waals surface area contributed by atoms with Gasteiger partial charge in [0.15, 0.2) is 0 Å². The second kappa shape index (κ2) is 3.60. The summed E-state index contributed by atoms with van der Waals surface area (Å²) in [6, 6.07) is 0. The minimum absolute atomic E-state index is 0.0833. The molecule has 0 unspecified atom stereocenters. The minimum atomic E-state index is -4.20. The van der Waals surface area contributed by atoms with E-state index in [-0.39, 0.29) is 6.42 Å². The lowest BCUT2D eigenvalue weighted by atomic mass is 10.1. The van der Waals surface area contributed by atoms with Crippen LogP contribution in [0.4, 0.5) is 13.2 Å². The Morgan fingerprint density at radius 2 is 1.91 bits per heavy atom. The molecule has 64 valence electrons. The van der Waals surface area contributed by atoms with Gasteiger partial charge in [0, 0.05) is 5.57 Å². The first kappa shape index (κ1) is 10.3. The molecule has 0 rings (SSSR count). The van der Waals surface area contributed by atoms with Gasteiger partial charge in [-0.1, -0.05) is 18.2 Å². The summed E-state index contributed by atoms with van der Waals surface area (Å²) in [6.45, 7) is 6.37. The molecule has 0 saturated heterocycles. The van der Waals surface area contributed by atoms with Gasteiger partial charge >= 0.3 is 6.18 Å². The van der Waals surface area contributed by atoms with Crippen molar-refractivity contribution < 1.29 is 13.2 Å². The fourth-order valence-corrected chi connectivity index (χ4v) is 0.691. The zero-order chi connectivity index (χ0) is 9.07. The maximum atomic E-state index is 12.0. The van der Waals surface area contributed by atoms with Gasteiger partial charge in [-0.25, -0.2) is 0 Å². The molecule has 0 nitrogen and oxygen atoms in total. The number of allylic oxidation sites excluding steroid dienone is 3. The number of hydrogen-bond acceptors (Lipinski definition) is 0. The SMILES string of the molecule is C=C(C)C/C(=C\C)C(F)(F)F. The Morgan fingerprint density at radius 1 is 1.45 bits per heavy atom. The Kier molecular flexibility index (Phi) is 3.36. The van der Waals surface area contributed by atoms with Crippen molar-refractivity contribution in [2.24, 2.45) is 0 Å². The molecule has 0 bridgehead atoms. The summed E-state index contributed by atoms with van der Waals surface area (Å²) in [4.78, 5) is 0. The van der Waals surface area contributed by atoms with Crippen LogP contribution in [0.15, 0.2) is 23.8 Å². The van der Waals surface area contributed by atoms with Crippen LogP contribution in [0.1, 0.15) is 20.3 Å². The van der Waals surface area contributed by atoms with Gasteiger partial charge in [0.25, 0.3) is 0 Å². The Labute approximate surface area is 64.4 Å². The molecule has 0 radical (unpaired) electrons. The molecular formula is C8H11F3. The van der Waals surface area contributed by atoms with Crippen LogP contribution < -0.4 is 0 Å². The second-order valence-corrected chi connectivity index (χ2v) is 2.45. The van der Waals surface area contributed by atoms with Crippen LogP contribution in [0, 0.1) is 0 Å². The average Bonchev–Trinajstić information content (AvgIpc) is 1.79. The molecule has 0 N–H and O–H groups in total. The van der Waals surface area contributed by atoms with E-state index < -0.39 is 11.7 Å². The third-order valence-corrected chi connectivity index (χ3v) is 1.20. The predicted molar refractivity (Wildman–Crippen MR) is 39.2 cm³/mol. The Morgan fingerprint density at radius 3 is 2.00 bits per heavy atom. The van der Waals surface area contributed by atoms with Crippen molar-refractivity contribution in [2.75, 3.05) is 0 Å². The zero-order valence-electron chi connectivity index (χ0n) is 6.63. The summed E-state index contributed by atoms with van der Waals surface area (Å²) in [5.74, 6) is 0. The molecule has 0 saturated carbocycles. The van der Waals surface area contributed by atoms with E-state index in [0.29, 0.717) is 5.57 Å². The third-order valence-electron chi connectivity index (χ3n) is 1.20. The van der Waals surface area contributed by atoms with Gasteiger partial charge in [0.1, 0.15) is 0 Å². The van der Waals surface area contributed by atoms with Crippen molar-refractivity contribution in [1.82, 2.24) is 0 Å². The second-order valence-electron chi connectivity index (χ2n) is 2.45. The highest BCUT2D eigenvalue weighted by molar-refractivity contribution is 5.15. The lowest BCUT2D eigenvalue weighted by Crippen LogP contribution is -2.11. The lowest BCUT2D eigenvalue weighted by Gasteiger charge is -2.10. The average molecular weight is 164 g/mol. The van der Waals surface area contributed by atoms with E-state index in [2.05, 4.69) is 6.58 Å². The quantitative estimate of drug-likeness (QED) is 0.548. The maximum absolute atomic E-state index is 12.0. The van der Waals surface area contributed by atoms with E-state index >= 15 is 0 Å². The van der Waals surface area contributed by atoms with Crippen molar-refractivity contribution in [2.45, 2.75) is 26.4 Å².